The summed E-state index contributed by atoms with van der Waals surface area (Å²) < 4.78 is 67.1. The third-order valence-electron chi connectivity index (χ3n) is 14.9. The Labute approximate surface area is 391 Å². The fraction of sp³-hybridized carbons (Fsp3) is 0.469. The van der Waals surface area contributed by atoms with Gasteiger partial charge < -0.3 is 39.9 Å². The number of H-pyrrole nitrogens is 2. The number of aromatic nitrogens is 4. The second kappa shape index (κ2) is 16.7. The van der Waals surface area contributed by atoms with Crippen molar-refractivity contribution in [1.29, 1.82) is 0 Å². The van der Waals surface area contributed by atoms with Crippen LogP contribution in [0.5, 0.6) is 0 Å². The lowest BCUT2D eigenvalue weighted by Crippen LogP contribution is -2.52. The van der Waals surface area contributed by atoms with Gasteiger partial charge in [0.25, 0.3) is 5.92 Å². The lowest BCUT2D eigenvalue weighted by Gasteiger charge is -2.36. The van der Waals surface area contributed by atoms with Crippen molar-refractivity contribution in [1.82, 2.24) is 40.4 Å². The SMILES string of the molecule is COC(=O)N[C@@H](CCS(C)(=O)=O)C(=O)N1[C@@H]2CC[C@H](C2)[C@H]1c1nc2ccc(-c3ccc4c(c3)C(F)(F)c3cc(-c5cnc([C@@H]6CC7(CC7)CN6C(=O)[C@@H](NC(=O)OC)C(C)C)[nH]5)ccc3-4)cc2[nH]1. The third kappa shape index (κ3) is 8.04. The minimum absolute atomic E-state index is 0.00556. The maximum atomic E-state index is 16.7. The molecule has 10 rings (SSSR count). The first-order chi connectivity index (χ1) is 32.4. The van der Waals surface area contributed by atoms with Gasteiger partial charge in [-0.1, -0.05) is 44.2 Å². The minimum atomic E-state index is -3.43. The van der Waals surface area contributed by atoms with E-state index in [0.29, 0.717) is 69.2 Å². The summed E-state index contributed by atoms with van der Waals surface area (Å²) in [6.07, 6.45) is 6.13. The second-order valence-corrected chi connectivity index (χ2v) is 22.0. The predicted molar refractivity (Wildman–Crippen MR) is 247 cm³/mol. The molecule has 3 aromatic carbocycles. The Morgan fingerprint density at radius 1 is 0.868 bits per heavy atom. The molecule has 358 valence electrons. The van der Waals surface area contributed by atoms with Crippen LogP contribution in [0.4, 0.5) is 18.4 Å². The molecule has 2 saturated heterocycles. The molecular weight excluding hydrogens is 899 g/mol. The zero-order valence-electron chi connectivity index (χ0n) is 38.4. The number of nitrogens with one attached hydrogen (secondary N) is 4. The highest BCUT2D eigenvalue weighted by atomic mass is 32.2. The van der Waals surface area contributed by atoms with Crippen molar-refractivity contribution in [2.45, 2.75) is 94.9 Å². The Morgan fingerprint density at radius 3 is 2.21 bits per heavy atom. The first-order valence-electron chi connectivity index (χ1n) is 23.1. The molecule has 68 heavy (non-hydrogen) atoms. The van der Waals surface area contributed by atoms with E-state index in [-0.39, 0.29) is 58.5 Å². The van der Waals surface area contributed by atoms with Crippen LogP contribution in [0, 0.1) is 17.3 Å². The average Bonchev–Trinajstić information content (AvgIpc) is 3.97. The molecule has 4 amide bonds. The van der Waals surface area contributed by atoms with Gasteiger partial charge in [0.2, 0.25) is 11.8 Å². The molecule has 1 spiro atoms. The van der Waals surface area contributed by atoms with Gasteiger partial charge in [-0.2, -0.15) is 8.78 Å². The molecule has 5 aliphatic rings. The molecule has 3 aliphatic carbocycles. The van der Waals surface area contributed by atoms with Crippen LogP contribution in [-0.2, 0) is 34.8 Å². The molecule has 5 aromatic rings. The van der Waals surface area contributed by atoms with E-state index in [0.717, 1.165) is 38.4 Å². The predicted octanol–water partition coefficient (Wildman–Crippen LogP) is 7.39. The van der Waals surface area contributed by atoms with Crippen LogP contribution in [0.25, 0.3) is 44.5 Å². The number of aromatic amines is 2. The van der Waals surface area contributed by atoms with E-state index >= 15 is 8.78 Å². The van der Waals surface area contributed by atoms with Gasteiger partial charge >= 0.3 is 12.2 Å². The third-order valence-corrected chi connectivity index (χ3v) is 15.9. The maximum absolute atomic E-state index is 16.7. The molecule has 4 heterocycles. The van der Waals surface area contributed by atoms with Crippen molar-refractivity contribution < 1.29 is 45.9 Å². The number of likely N-dealkylation sites (tertiary alicyclic amines) is 2. The molecule has 19 heteroatoms. The number of ether oxygens (including phenoxy) is 2. The van der Waals surface area contributed by atoms with Crippen LogP contribution in [-0.4, -0.2) is 113 Å². The topological polar surface area (TPSA) is 209 Å². The number of alkyl carbamates (subject to hydrolysis) is 2. The first kappa shape index (κ1) is 45.4. The summed E-state index contributed by atoms with van der Waals surface area (Å²) in [5.41, 5.74) is 4.24. The van der Waals surface area contributed by atoms with E-state index in [2.05, 4.69) is 25.6 Å². The number of imidazole rings is 2. The standard InChI is InChI=1S/C49H54F2N8O8S/c1-25(2)40(57-47(63)67-4)45(61)58-24-48(15-16-48)22-39(58)42-52-23-38(55-42)28-8-12-32-31-11-7-26(19-33(31)49(50,51)34(32)20-28)27-9-13-35-37(21-27)54-43(53-35)41-29-6-10-30(18-29)59(41)44(60)36(56-46(62)66-3)14-17-68(5,64)65/h7-9,11-13,19-21,23,25,29-30,36,39-41H,6,10,14-18,22,24H2,1-5H3,(H,52,55)(H,53,54)(H,56,62)(H,57,63)/t29-,30-,36+,39+,40+,41+/m1/s1. The number of sulfone groups is 1. The number of carbonyl (C=O) groups excluding carboxylic acids is 4. The maximum Gasteiger partial charge on any atom is 0.407 e. The molecule has 16 nitrogen and oxygen atoms in total. The summed E-state index contributed by atoms with van der Waals surface area (Å²) in [4.78, 5) is 72.4. The minimum Gasteiger partial charge on any atom is -0.453 e. The summed E-state index contributed by atoms with van der Waals surface area (Å²) in [5, 5.41) is 5.23. The largest absolute Gasteiger partial charge is 0.453 e. The Kier molecular flexibility index (Phi) is 11.2. The van der Waals surface area contributed by atoms with Gasteiger partial charge in [-0.25, -0.2) is 28.0 Å². The number of nitrogens with zero attached hydrogens (tertiary/aromatic N) is 4. The zero-order valence-corrected chi connectivity index (χ0v) is 39.2. The van der Waals surface area contributed by atoms with Crippen molar-refractivity contribution in [3.8, 4) is 33.5 Å². The van der Waals surface area contributed by atoms with Crippen LogP contribution < -0.4 is 10.6 Å². The van der Waals surface area contributed by atoms with Gasteiger partial charge in [-0.05, 0) is 109 Å². The lowest BCUT2D eigenvalue weighted by molar-refractivity contribution is -0.138. The summed E-state index contributed by atoms with van der Waals surface area (Å²) in [5.74, 6) is -3.23. The van der Waals surface area contributed by atoms with Gasteiger partial charge in [-0.3, -0.25) is 9.59 Å². The van der Waals surface area contributed by atoms with E-state index in [9.17, 15) is 27.6 Å². The fourth-order valence-electron chi connectivity index (χ4n) is 11.1. The second-order valence-electron chi connectivity index (χ2n) is 19.7. The molecule has 2 aliphatic heterocycles. The van der Waals surface area contributed by atoms with Crippen LogP contribution >= 0.6 is 0 Å². The van der Waals surface area contributed by atoms with Gasteiger partial charge in [0.15, 0.2) is 0 Å². The number of hydrogen-bond acceptors (Lipinski definition) is 10. The Balaban J connectivity index is 0.890. The van der Waals surface area contributed by atoms with Crippen LogP contribution in [0.2, 0.25) is 0 Å². The number of alkyl halides is 2. The molecule has 2 bridgehead atoms. The number of carbonyl (C=O) groups is 4. The number of methoxy groups -OCH3 is 2. The van der Waals surface area contributed by atoms with Crippen LogP contribution in [0.3, 0.4) is 0 Å². The molecular formula is C49H54F2N8O8S. The molecule has 2 aromatic heterocycles. The quantitative estimate of drug-likeness (QED) is 0.0975. The Hall–Kier alpha value is -6.37. The number of piperidine rings is 1. The highest BCUT2D eigenvalue weighted by Crippen LogP contribution is 2.59. The Morgan fingerprint density at radius 2 is 1.53 bits per heavy atom. The number of fused-ring (bicyclic) bond motifs is 6. The normalized spacial score (nSPS) is 22.6. The monoisotopic (exact) mass is 952 g/mol. The van der Waals surface area contributed by atoms with E-state index < -0.39 is 52.0 Å². The lowest BCUT2D eigenvalue weighted by atomic mass is 9.97. The number of amides is 4. The summed E-state index contributed by atoms with van der Waals surface area (Å²) in [6, 6.07) is 12.8. The molecule has 4 N–H and O–H groups in total. The number of benzene rings is 3. The molecule has 0 radical (unpaired) electrons. The molecule has 6 atom stereocenters. The van der Waals surface area contributed by atoms with E-state index in [4.69, 9.17) is 14.5 Å². The van der Waals surface area contributed by atoms with Crippen molar-refractivity contribution >= 4 is 44.9 Å². The smallest absolute Gasteiger partial charge is 0.407 e. The van der Waals surface area contributed by atoms with Crippen LogP contribution in [0.1, 0.15) is 93.7 Å². The number of hydrogen-bond donors (Lipinski definition) is 4. The van der Waals surface area contributed by atoms with Crippen molar-refractivity contribution in [3.63, 3.8) is 0 Å². The van der Waals surface area contributed by atoms with E-state index in [1.165, 1.54) is 26.4 Å². The molecule has 0 unspecified atom stereocenters. The zero-order chi connectivity index (χ0) is 48.0. The average molecular weight is 953 g/mol. The molecule has 2 saturated carbocycles. The van der Waals surface area contributed by atoms with Crippen molar-refractivity contribution in [2.24, 2.45) is 17.3 Å². The van der Waals surface area contributed by atoms with Gasteiger partial charge in [0.1, 0.15) is 33.6 Å². The highest BCUT2D eigenvalue weighted by Gasteiger charge is 2.56. The summed E-state index contributed by atoms with van der Waals surface area (Å²) in [7, 11) is -1.00. The summed E-state index contributed by atoms with van der Waals surface area (Å²) in [6.45, 7) is 4.27. The number of rotatable bonds is 12. The van der Waals surface area contributed by atoms with Crippen LogP contribution in [0.15, 0.2) is 60.8 Å². The van der Waals surface area contributed by atoms with Gasteiger partial charge in [-0.15, -0.1) is 0 Å². The fourth-order valence-corrected chi connectivity index (χ4v) is 11.8. The van der Waals surface area contributed by atoms with E-state index in [1.807, 2.05) is 38.1 Å². The van der Waals surface area contributed by atoms with Gasteiger partial charge in [0, 0.05) is 35.5 Å². The first-order valence-corrected chi connectivity index (χ1v) is 25.1. The Bertz CT molecular complexity index is 2990. The molecule has 4 fully saturated rings. The highest BCUT2D eigenvalue weighted by molar-refractivity contribution is 7.90. The number of halogens is 2. The van der Waals surface area contributed by atoms with Crippen molar-refractivity contribution in [3.05, 3.63) is 83.6 Å². The van der Waals surface area contributed by atoms with Crippen molar-refractivity contribution in [2.75, 3.05) is 32.8 Å². The summed E-state index contributed by atoms with van der Waals surface area (Å²) >= 11 is 0. The van der Waals surface area contributed by atoms with E-state index in [1.54, 1.807) is 34.2 Å². The van der Waals surface area contributed by atoms with Gasteiger partial charge in [0.05, 0.1) is 55.0 Å².